The van der Waals surface area contributed by atoms with E-state index in [1.54, 1.807) is 0 Å². The molecule has 0 aromatic rings. The molecule has 2 heterocycles. The van der Waals surface area contributed by atoms with Crippen LogP contribution in [0.2, 0.25) is 0 Å². The summed E-state index contributed by atoms with van der Waals surface area (Å²) in [6.07, 6.45) is 1.95. The third-order valence-electron chi connectivity index (χ3n) is 5.40. The molecule has 24 heavy (non-hydrogen) atoms. The van der Waals surface area contributed by atoms with E-state index in [0.29, 0.717) is 37.1 Å². The van der Waals surface area contributed by atoms with Crippen LogP contribution in [0.4, 0.5) is 0 Å². The number of likely N-dealkylation sites (tertiary alicyclic amines) is 2. The maximum Gasteiger partial charge on any atom is 0.153 e. The molecule has 0 aliphatic carbocycles. The molecular weight excluding hydrogens is 304 g/mol. The molecule has 0 radical (unpaired) electrons. The van der Waals surface area contributed by atoms with Crippen LogP contribution >= 0.6 is 0 Å². The topological polar surface area (TPSA) is 49.7 Å². The fourth-order valence-corrected chi connectivity index (χ4v) is 3.34. The Morgan fingerprint density at radius 1 is 0.792 bits per heavy atom. The first-order valence-electron chi connectivity index (χ1n) is 9.16. The van der Waals surface area contributed by atoms with Gasteiger partial charge in [0.2, 0.25) is 0 Å². The number of nitrogens with zero attached hydrogens (tertiary/aromatic N) is 4. The lowest BCUT2D eigenvalue weighted by atomic mass is 9.93. The summed E-state index contributed by atoms with van der Waals surface area (Å²) >= 11 is 0. The lowest BCUT2D eigenvalue weighted by molar-refractivity contribution is 0.0502. The predicted molar refractivity (Wildman–Crippen MR) is 98.5 cm³/mol. The lowest BCUT2D eigenvalue weighted by Crippen LogP contribution is -2.43. The van der Waals surface area contributed by atoms with Crippen molar-refractivity contribution in [1.82, 2.24) is 9.80 Å². The van der Waals surface area contributed by atoms with E-state index in [0.717, 1.165) is 37.4 Å². The predicted octanol–water partition coefficient (Wildman–Crippen LogP) is 2.45. The van der Waals surface area contributed by atoms with Crippen molar-refractivity contribution in [2.75, 3.05) is 40.4 Å². The van der Waals surface area contributed by atoms with Crippen molar-refractivity contribution in [3.8, 4) is 0 Å². The minimum Gasteiger partial charge on any atom is -0.392 e. The first-order chi connectivity index (χ1) is 11.4. The third kappa shape index (κ3) is 5.18. The van der Waals surface area contributed by atoms with E-state index < -0.39 is 0 Å². The van der Waals surface area contributed by atoms with Crippen LogP contribution in [0.3, 0.4) is 0 Å². The Morgan fingerprint density at radius 2 is 1.17 bits per heavy atom. The van der Waals surface area contributed by atoms with Crippen LogP contribution < -0.4 is 0 Å². The number of piperidine rings is 2. The van der Waals surface area contributed by atoms with Gasteiger partial charge in [-0.2, -0.15) is 0 Å². The molecule has 0 saturated carbocycles. The van der Waals surface area contributed by atoms with Crippen molar-refractivity contribution in [2.24, 2.45) is 22.1 Å². The SMILES string of the molecule is C[C@@H]1CN(C)[C@@H](C)C/C1=N/OCCO/N=C1/C[C@@H](C)N(C)C[C@@H]1C. The molecule has 0 N–H and O–H groups in total. The first kappa shape index (κ1) is 19.2. The average Bonchev–Trinajstić information content (AvgIpc) is 2.52. The van der Waals surface area contributed by atoms with Gasteiger partial charge in [0.15, 0.2) is 13.2 Å². The van der Waals surface area contributed by atoms with E-state index in [1.165, 1.54) is 0 Å². The summed E-state index contributed by atoms with van der Waals surface area (Å²) in [5.74, 6) is 0.905. The van der Waals surface area contributed by atoms with Gasteiger partial charge < -0.3 is 19.5 Å². The third-order valence-corrected chi connectivity index (χ3v) is 5.40. The minimum atomic E-state index is 0.445. The van der Waals surface area contributed by atoms with E-state index in [4.69, 9.17) is 9.68 Å². The first-order valence-corrected chi connectivity index (χ1v) is 9.16. The highest BCUT2D eigenvalue weighted by molar-refractivity contribution is 5.87. The van der Waals surface area contributed by atoms with Gasteiger partial charge in [0.1, 0.15) is 0 Å². The van der Waals surface area contributed by atoms with Gasteiger partial charge in [-0.05, 0) is 27.9 Å². The fourth-order valence-electron chi connectivity index (χ4n) is 3.34. The maximum absolute atomic E-state index is 5.45. The molecule has 2 aliphatic heterocycles. The van der Waals surface area contributed by atoms with Crippen LogP contribution in [-0.2, 0) is 9.68 Å². The van der Waals surface area contributed by atoms with Crippen LogP contribution in [0.15, 0.2) is 10.3 Å². The second kappa shape index (κ2) is 8.81. The minimum absolute atomic E-state index is 0.445. The van der Waals surface area contributed by atoms with E-state index >= 15 is 0 Å². The molecule has 2 rings (SSSR count). The summed E-state index contributed by atoms with van der Waals surface area (Å²) in [5, 5.41) is 8.65. The average molecular weight is 338 g/mol. The molecular formula is C18H34N4O2. The molecule has 2 fully saturated rings. The van der Waals surface area contributed by atoms with Crippen molar-refractivity contribution in [3.63, 3.8) is 0 Å². The normalized spacial score (nSPS) is 36.2. The van der Waals surface area contributed by atoms with Gasteiger partial charge in [0.05, 0.1) is 11.4 Å². The van der Waals surface area contributed by atoms with Gasteiger partial charge in [0.25, 0.3) is 0 Å². The van der Waals surface area contributed by atoms with E-state index in [2.05, 4.69) is 61.9 Å². The Morgan fingerprint density at radius 3 is 1.54 bits per heavy atom. The standard InChI is InChI=1S/C18H34N4O2/c1-13-11-21(5)15(3)9-17(13)19-23-7-8-24-20-18-10-16(4)22(6)12-14(18)2/h13-16H,7-12H2,1-6H3/b19-17-,20-18-/t13-,14+,15+,16-. The molecule has 0 aromatic carbocycles. The van der Waals surface area contributed by atoms with E-state index in [1.807, 2.05) is 0 Å². The highest BCUT2D eigenvalue weighted by Gasteiger charge is 2.26. The molecule has 0 bridgehead atoms. The van der Waals surface area contributed by atoms with E-state index in [9.17, 15) is 0 Å². The Kier molecular flexibility index (Phi) is 7.04. The van der Waals surface area contributed by atoms with Gasteiger partial charge >= 0.3 is 0 Å². The number of hydrogen-bond acceptors (Lipinski definition) is 6. The molecule has 2 aliphatic rings. The second-order valence-corrected chi connectivity index (χ2v) is 7.62. The molecule has 6 nitrogen and oxygen atoms in total. The molecule has 0 amide bonds. The van der Waals surface area contributed by atoms with Crippen LogP contribution in [-0.4, -0.2) is 73.7 Å². The van der Waals surface area contributed by atoms with Crippen molar-refractivity contribution in [1.29, 1.82) is 0 Å². The monoisotopic (exact) mass is 338 g/mol. The van der Waals surface area contributed by atoms with Crippen molar-refractivity contribution < 1.29 is 9.68 Å². The quantitative estimate of drug-likeness (QED) is 0.571. The highest BCUT2D eigenvalue weighted by Crippen LogP contribution is 2.19. The summed E-state index contributed by atoms with van der Waals surface area (Å²) in [7, 11) is 4.33. The summed E-state index contributed by atoms with van der Waals surface area (Å²) in [6, 6.07) is 1.05. The molecule has 0 unspecified atom stereocenters. The molecule has 6 heteroatoms. The van der Waals surface area contributed by atoms with Gasteiger partial charge in [-0.3, -0.25) is 0 Å². The van der Waals surface area contributed by atoms with Crippen LogP contribution in [0, 0.1) is 11.8 Å². The lowest BCUT2D eigenvalue weighted by Gasteiger charge is -2.34. The summed E-state index contributed by atoms with van der Waals surface area (Å²) in [6.45, 7) is 11.8. The maximum atomic E-state index is 5.45. The van der Waals surface area contributed by atoms with Gasteiger partial charge in [0, 0.05) is 49.9 Å². The van der Waals surface area contributed by atoms with Crippen molar-refractivity contribution in [3.05, 3.63) is 0 Å². The molecule has 2 saturated heterocycles. The number of oxime groups is 2. The van der Waals surface area contributed by atoms with Gasteiger partial charge in [-0.25, -0.2) is 0 Å². The van der Waals surface area contributed by atoms with Crippen LogP contribution in [0.25, 0.3) is 0 Å². The molecule has 0 spiro atoms. The fraction of sp³-hybridized carbons (Fsp3) is 0.889. The summed E-state index contributed by atoms with van der Waals surface area (Å²) in [4.78, 5) is 15.6. The van der Waals surface area contributed by atoms with Gasteiger partial charge in [-0.1, -0.05) is 24.2 Å². The van der Waals surface area contributed by atoms with Gasteiger partial charge in [-0.15, -0.1) is 0 Å². The zero-order chi connectivity index (χ0) is 17.7. The molecule has 0 aromatic heterocycles. The van der Waals surface area contributed by atoms with Crippen LogP contribution in [0.1, 0.15) is 40.5 Å². The van der Waals surface area contributed by atoms with Crippen molar-refractivity contribution >= 4 is 11.4 Å². The van der Waals surface area contributed by atoms with Crippen LogP contribution in [0.5, 0.6) is 0 Å². The summed E-state index contributed by atoms with van der Waals surface area (Å²) in [5.41, 5.74) is 2.31. The molecule has 138 valence electrons. The second-order valence-electron chi connectivity index (χ2n) is 7.62. The summed E-state index contributed by atoms with van der Waals surface area (Å²) < 4.78 is 0. The highest BCUT2D eigenvalue weighted by atomic mass is 16.7. The Bertz CT molecular complexity index is 424. The number of rotatable bonds is 5. The van der Waals surface area contributed by atoms with E-state index in [-0.39, 0.29) is 0 Å². The Balaban J connectivity index is 1.69. The number of hydrogen-bond donors (Lipinski definition) is 0. The van der Waals surface area contributed by atoms with Crippen molar-refractivity contribution in [2.45, 2.75) is 52.6 Å². The Labute approximate surface area is 146 Å². The Hall–Kier alpha value is -1.14. The largest absolute Gasteiger partial charge is 0.392 e. The smallest absolute Gasteiger partial charge is 0.153 e. The zero-order valence-corrected chi connectivity index (χ0v) is 16.2. The zero-order valence-electron chi connectivity index (χ0n) is 16.2. The molecule has 4 atom stereocenters.